The van der Waals surface area contributed by atoms with Gasteiger partial charge in [-0.2, -0.15) is 5.10 Å². The van der Waals surface area contributed by atoms with E-state index in [9.17, 15) is 4.79 Å². The largest absolute Gasteiger partial charge is 0.379 e. The van der Waals surface area contributed by atoms with Gasteiger partial charge in [-0.1, -0.05) is 41.6 Å². The molecule has 1 amide bonds. The van der Waals surface area contributed by atoms with Gasteiger partial charge in [-0.25, -0.2) is 4.98 Å². The minimum Gasteiger partial charge on any atom is -0.379 e. The monoisotopic (exact) mass is 406 g/mol. The van der Waals surface area contributed by atoms with Crippen LogP contribution in [0.1, 0.15) is 39.6 Å². The lowest BCUT2D eigenvalue weighted by Gasteiger charge is -2.13. The normalized spacial score (nSPS) is 15.6. The van der Waals surface area contributed by atoms with Crippen molar-refractivity contribution in [2.75, 3.05) is 18.5 Å². The van der Waals surface area contributed by atoms with Crippen LogP contribution in [0.25, 0.3) is 0 Å². The smallest absolute Gasteiger partial charge is 0.276 e. The second-order valence-electron chi connectivity index (χ2n) is 6.76. The number of anilines is 1. The minimum atomic E-state index is -0.349. The van der Waals surface area contributed by atoms with Gasteiger partial charge in [-0.05, 0) is 37.1 Å². The number of halogens is 1. The Balaban J connectivity index is 1.52. The predicted octanol–water partition coefficient (Wildman–Crippen LogP) is 3.85. The fourth-order valence-electron chi connectivity index (χ4n) is 3.15. The molecule has 1 atom stereocenters. The summed E-state index contributed by atoms with van der Waals surface area (Å²) >= 11 is 6.23. The van der Waals surface area contributed by atoms with E-state index in [2.05, 4.69) is 27.2 Å². The number of hydrogen-bond donors (Lipinski definition) is 1. The first-order valence-corrected chi connectivity index (χ1v) is 9.65. The molecule has 1 fully saturated rings. The number of carbonyl (C=O) groups is 1. The molecule has 7 heteroatoms. The molecule has 1 saturated heterocycles. The van der Waals surface area contributed by atoms with E-state index < -0.39 is 0 Å². The summed E-state index contributed by atoms with van der Waals surface area (Å²) in [4.78, 5) is 17.2. The number of nitrogens with zero attached hydrogens (tertiary/aromatic N) is 3. The third-order valence-electron chi connectivity index (χ3n) is 4.65. The van der Waals surface area contributed by atoms with Crippen LogP contribution in [0.3, 0.4) is 0 Å². The van der Waals surface area contributed by atoms with Crippen LogP contribution < -0.4 is 5.32 Å². The Kier molecular flexibility index (Phi) is 5.61. The van der Waals surface area contributed by atoms with E-state index in [1.807, 2.05) is 43.3 Å². The Bertz CT molecular complexity index is 1090. The molecule has 0 spiro atoms. The average Bonchev–Trinajstić information content (AvgIpc) is 3.38. The number of nitrogens with one attached hydrogen (secondary N) is 1. The molecule has 3 heterocycles. The Labute approximate surface area is 173 Å². The predicted molar refractivity (Wildman–Crippen MR) is 111 cm³/mol. The van der Waals surface area contributed by atoms with Gasteiger partial charge in [0.15, 0.2) is 0 Å². The lowest BCUT2D eigenvalue weighted by atomic mass is 10.1. The maximum atomic E-state index is 12.9. The lowest BCUT2D eigenvalue weighted by Crippen LogP contribution is -2.22. The van der Waals surface area contributed by atoms with Crippen molar-refractivity contribution in [3.63, 3.8) is 0 Å². The number of aryl methyl sites for hydroxylation is 1. The van der Waals surface area contributed by atoms with Gasteiger partial charge in [0, 0.05) is 23.9 Å². The van der Waals surface area contributed by atoms with E-state index >= 15 is 0 Å². The van der Waals surface area contributed by atoms with E-state index in [0.717, 1.165) is 23.1 Å². The van der Waals surface area contributed by atoms with E-state index in [0.29, 0.717) is 29.7 Å². The molecule has 0 saturated carbocycles. The summed E-state index contributed by atoms with van der Waals surface area (Å²) in [5.74, 6) is 6.31. The summed E-state index contributed by atoms with van der Waals surface area (Å²) in [6.45, 7) is 3.04. The second kappa shape index (κ2) is 8.48. The SMILES string of the molecule is Cc1cc(C#Cc2ccccc2)cnc1NC(=O)c1c(Cl)cnn1C1CCOC1. The average molecular weight is 407 g/mol. The molecule has 146 valence electrons. The summed E-state index contributed by atoms with van der Waals surface area (Å²) in [7, 11) is 0. The number of rotatable bonds is 3. The third-order valence-corrected chi connectivity index (χ3v) is 4.93. The molecule has 1 aliphatic rings. The zero-order chi connectivity index (χ0) is 20.2. The van der Waals surface area contributed by atoms with Crippen molar-refractivity contribution >= 4 is 23.3 Å². The van der Waals surface area contributed by atoms with E-state index in [1.165, 1.54) is 6.20 Å². The van der Waals surface area contributed by atoms with Gasteiger partial charge in [0.25, 0.3) is 5.91 Å². The molecule has 1 N–H and O–H groups in total. The van der Waals surface area contributed by atoms with Crippen molar-refractivity contribution in [1.82, 2.24) is 14.8 Å². The van der Waals surface area contributed by atoms with Gasteiger partial charge in [0.1, 0.15) is 11.5 Å². The molecule has 2 aromatic heterocycles. The first-order valence-electron chi connectivity index (χ1n) is 9.27. The van der Waals surface area contributed by atoms with Gasteiger partial charge < -0.3 is 10.1 Å². The molecule has 0 radical (unpaired) electrons. The maximum absolute atomic E-state index is 12.9. The molecule has 1 aromatic carbocycles. The fourth-order valence-corrected chi connectivity index (χ4v) is 3.37. The maximum Gasteiger partial charge on any atom is 0.276 e. The molecule has 1 unspecified atom stereocenters. The van der Waals surface area contributed by atoms with Crippen LogP contribution in [-0.4, -0.2) is 33.9 Å². The van der Waals surface area contributed by atoms with Crippen LogP contribution in [0.15, 0.2) is 48.8 Å². The van der Waals surface area contributed by atoms with Gasteiger partial charge >= 0.3 is 0 Å². The number of pyridine rings is 1. The molecule has 29 heavy (non-hydrogen) atoms. The first-order chi connectivity index (χ1) is 14.1. The molecule has 6 nitrogen and oxygen atoms in total. The van der Waals surface area contributed by atoms with Crippen molar-refractivity contribution in [1.29, 1.82) is 0 Å². The van der Waals surface area contributed by atoms with Crippen LogP contribution in [0.4, 0.5) is 5.82 Å². The van der Waals surface area contributed by atoms with Crippen LogP contribution in [0, 0.1) is 18.8 Å². The van der Waals surface area contributed by atoms with E-state index in [-0.39, 0.29) is 11.9 Å². The Morgan fingerprint density at radius 3 is 2.76 bits per heavy atom. The Morgan fingerprint density at radius 1 is 1.24 bits per heavy atom. The Morgan fingerprint density at radius 2 is 2.03 bits per heavy atom. The first kappa shape index (κ1) is 19.2. The highest BCUT2D eigenvalue weighted by atomic mass is 35.5. The van der Waals surface area contributed by atoms with Gasteiger partial charge in [-0.3, -0.25) is 9.48 Å². The molecule has 1 aliphatic heterocycles. The van der Waals surface area contributed by atoms with Crippen molar-refractivity contribution < 1.29 is 9.53 Å². The van der Waals surface area contributed by atoms with Gasteiger partial charge in [0.05, 0.1) is 23.9 Å². The number of benzene rings is 1. The molecular formula is C22H19ClN4O2. The minimum absolute atomic E-state index is 0.00735. The highest BCUT2D eigenvalue weighted by molar-refractivity contribution is 6.34. The quantitative estimate of drug-likeness (QED) is 0.671. The lowest BCUT2D eigenvalue weighted by molar-refractivity contribution is 0.101. The van der Waals surface area contributed by atoms with Crippen molar-refractivity contribution in [3.05, 3.63) is 76.2 Å². The third kappa shape index (κ3) is 4.32. The van der Waals surface area contributed by atoms with Crippen LogP contribution in [-0.2, 0) is 4.74 Å². The topological polar surface area (TPSA) is 69.0 Å². The summed E-state index contributed by atoms with van der Waals surface area (Å²) in [6.07, 6.45) is 3.92. The number of carbonyl (C=O) groups excluding carboxylic acids is 1. The Hall–Kier alpha value is -3.14. The van der Waals surface area contributed by atoms with Crippen molar-refractivity contribution in [2.45, 2.75) is 19.4 Å². The molecule has 3 aromatic rings. The zero-order valence-corrected chi connectivity index (χ0v) is 16.6. The molecular weight excluding hydrogens is 388 g/mol. The summed E-state index contributed by atoms with van der Waals surface area (Å²) < 4.78 is 7.04. The number of aromatic nitrogens is 3. The van der Waals surface area contributed by atoms with Crippen LogP contribution >= 0.6 is 11.6 Å². The summed E-state index contributed by atoms with van der Waals surface area (Å²) in [5.41, 5.74) is 2.83. The summed E-state index contributed by atoms with van der Waals surface area (Å²) in [6, 6.07) is 11.6. The van der Waals surface area contributed by atoms with Crippen LogP contribution in [0.5, 0.6) is 0 Å². The molecule has 0 bridgehead atoms. The van der Waals surface area contributed by atoms with Gasteiger partial charge in [-0.15, -0.1) is 0 Å². The number of hydrogen-bond acceptors (Lipinski definition) is 4. The van der Waals surface area contributed by atoms with E-state index in [4.69, 9.17) is 16.3 Å². The zero-order valence-electron chi connectivity index (χ0n) is 15.9. The highest BCUT2D eigenvalue weighted by Crippen LogP contribution is 2.25. The van der Waals surface area contributed by atoms with Gasteiger partial charge in [0.2, 0.25) is 0 Å². The molecule has 0 aliphatic carbocycles. The van der Waals surface area contributed by atoms with Crippen LogP contribution in [0.2, 0.25) is 5.02 Å². The molecule has 4 rings (SSSR count). The number of ether oxygens (including phenoxy) is 1. The van der Waals surface area contributed by atoms with Crippen molar-refractivity contribution in [2.24, 2.45) is 0 Å². The van der Waals surface area contributed by atoms with Crippen molar-refractivity contribution in [3.8, 4) is 11.8 Å². The van der Waals surface area contributed by atoms with E-state index in [1.54, 1.807) is 10.9 Å². The number of amides is 1. The second-order valence-corrected chi connectivity index (χ2v) is 7.17. The summed E-state index contributed by atoms with van der Waals surface area (Å²) in [5, 5.41) is 7.39. The fraction of sp³-hybridized carbons (Fsp3) is 0.227. The highest BCUT2D eigenvalue weighted by Gasteiger charge is 2.26. The standard InChI is InChI=1S/C22H19ClN4O2/c1-15-11-17(8-7-16-5-3-2-4-6-16)12-24-21(15)26-22(28)20-19(23)13-25-27(20)18-9-10-29-14-18/h2-6,11-13,18H,9-10,14H2,1H3,(H,24,26,28).